The second kappa shape index (κ2) is 5.46. The molecule has 0 saturated heterocycles. The highest BCUT2D eigenvalue weighted by atomic mass is 79.9. The Morgan fingerprint density at radius 1 is 1.33 bits per heavy atom. The molecule has 1 aromatic carbocycles. The predicted molar refractivity (Wildman–Crippen MR) is 74.5 cm³/mol. The molecule has 0 radical (unpaired) electrons. The van der Waals surface area contributed by atoms with Crippen LogP contribution in [0, 0.1) is 0 Å². The Balaban J connectivity index is 1.82. The number of nitrogens with zero attached hydrogens (tertiary/aromatic N) is 1. The first-order chi connectivity index (χ1) is 9.93. The van der Waals surface area contributed by atoms with Gasteiger partial charge in [0.2, 0.25) is 5.89 Å². The molecule has 2 aromatic rings. The third-order valence-corrected chi connectivity index (χ3v) is 3.92. The van der Waals surface area contributed by atoms with Crippen LogP contribution in [0.2, 0.25) is 0 Å². The lowest BCUT2D eigenvalue weighted by Crippen LogP contribution is -2.15. The second-order valence-corrected chi connectivity index (χ2v) is 5.82. The zero-order valence-electron chi connectivity index (χ0n) is 10.9. The van der Waals surface area contributed by atoms with Crippen molar-refractivity contribution in [3.8, 4) is 11.3 Å². The fourth-order valence-electron chi connectivity index (χ4n) is 1.94. The summed E-state index contributed by atoms with van der Waals surface area (Å²) >= 11 is 2.92. The van der Waals surface area contributed by atoms with Crippen LogP contribution in [0.15, 0.2) is 33.3 Å². The number of hydrogen-bond donors (Lipinski definition) is 1. The van der Waals surface area contributed by atoms with Crippen molar-refractivity contribution in [3.63, 3.8) is 0 Å². The molecule has 112 valence electrons. The van der Waals surface area contributed by atoms with Gasteiger partial charge in [-0.25, -0.2) is 4.98 Å². The molecule has 1 aliphatic rings. The van der Waals surface area contributed by atoms with Gasteiger partial charge in [0.1, 0.15) is 0 Å². The normalized spacial score (nSPS) is 15.4. The fourth-order valence-corrected chi connectivity index (χ4v) is 2.41. The summed E-state index contributed by atoms with van der Waals surface area (Å²) < 4.78 is 44.1. The van der Waals surface area contributed by atoms with Gasteiger partial charge in [-0.2, -0.15) is 13.2 Å². The molecule has 1 N–H and O–H groups in total. The van der Waals surface area contributed by atoms with E-state index in [2.05, 4.69) is 26.2 Å². The number of rotatable bonds is 4. The van der Waals surface area contributed by atoms with Crippen LogP contribution in [0.4, 0.5) is 13.2 Å². The third-order valence-electron chi connectivity index (χ3n) is 3.23. The maximum atomic E-state index is 12.9. The first-order valence-corrected chi connectivity index (χ1v) is 7.28. The molecular weight excluding hydrogens is 349 g/mol. The van der Waals surface area contributed by atoms with Crippen LogP contribution in [-0.2, 0) is 12.7 Å². The molecule has 1 aliphatic carbocycles. The average Bonchev–Trinajstić information content (AvgIpc) is 3.13. The molecule has 1 saturated carbocycles. The van der Waals surface area contributed by atoms with Gasteiger partial charge in [0, 0.05) is 16.1 Å². The van der Waals surface area contributed by atoms with E-state index >= 15 is 0 Å². The number of alkyl halides is 3. The minimum absolute atomic E-state index is 0.00823. The lowest BCUT2D eigenvalue weighted by Gasteiger charge is -2.10. The fraction of sp³-hybridized carbons (Fsp3) is 0.357. The largest absolute Gasteiger partial charge is 0.439 e. The van der Waals surface area contributed by atoms with Crippen LogP contribution in [0.5, 0.6) is 0 Å². The summed E-state index contributed by atoms with van der Waals surface area (Å²) in [6, 6.07) is 4.51. The van der Waals surface area contributed by atoms with Crippen molar-refractivity contribution in [1.29, 1.82) is 0 Å². The van der Waals surface area contributed by atoms with Gasteiger partial charge in [-0.3, -0.25) is 0 Å². The Kier molecular flexibility index (Phi) is 3.79. The molecule has 1 aromatic heterocycles. The van der Waals surface area contributed by atoms with Gasteiger partial charge in [0.05, 0.1) is 18.3 Å². The SMILES string of the molecule is FC(F)(F)c1cc(-c2cnc(CNC3CC3)o2)ccc1Br. The van der Waals surface area contributed by atoms with Crippen molar-refractivity contribution in [2.75, 3.05) is 0 Å². The lowest BCUT2D eigenvalue weighted by atomic mass is 10.1. The topological polar surface area (TPSA) is 38.1 Å². The van der Waals surface area contributed by atoms with Gasteiger partial charge >= 0.3 is 6.18 Å². The molecule has 3 rings (SSSR count). The van der Waals surface area contributed by atoms with Gasteiger partial charge in [-0.05, 0) is 25.0 Å². The van der Waals surface area contributed by atoms with Gasteiger partial charge in [-0.15, -0.1) is 0 Å². The number of nitrogens with one attached hydrogen (secondary N) is 1. The van der Waals surface area contributed by atoms with E-state index < -0.39 is 11.7 Å². The van der Waals surface area contributed by atoms with E-state index in [0.717, 1.165) is 18.9 Å². The van der Waals surface area contributed by atoms with E-state index in [-0.39, 0.29) is 4.47 Å². The molecular formula is C14H12BrF3N2O. The monoisotopic (exact) mass is 360 g/mol. The van der Waals surface area contributed by atoms with E-state index in [4.69, 9.17) is 4.42 Å². The quantitative estimate of drug-likeness (QED) is 0.879. The average molecular weight is 361 g/mol. The number of aromatic nitrogens is 1. The standard InChI is InChI=1S/C14H12BrF3N2O/c15-11-4-1-8(5-10(11)14(16,17)18)12-6-20-13(21-12)7-19-9-2-3-9/h1,4-6,9,19H,2-3,7H2. The smallest absolute Gasteiger partial charge is 0.417 e. The highest BCUT2D eigenvalue weighted by Gasteiger charge is 2.33. The van der Waals surface area contributed by atoms with Crippen molar-refractivity contribution < 1.29 is 17.6 Å². The maximum Gasteiger partial charge on any atom is 0.417 e. The second-order valence-electron chi connectivity index (χ2n) is 4.97. The highest BCUT2D eigenvalue weighted by Crippen LogP contribution is 2.37. The van der Waals surface area contributed by atoms with E-state index in [1.54, 1.807) is 6.07 Å². The van der Waals surface area contributed by atoms with Crippen molar-refractivity contribution >= 4 is 15.9 Å². The molecule has 0 aliphatic heterocycles. The van der Waals surface area contributed by atoms with Crippen molar-refractivity contribution in [3.05, 3.63) is 40.3 Å². The Morgan fingerprint density at radius 2 is 2.10 bits per heavy atom. The molecule has 21 heavy (non-hydrogen) atoms. The zero-order chi connectivity index (χ0) is 15.0. The predicted octanol–water partition coefficient (Wildman–Crippen LogP) is 4.37. The summed E-state index contributed by atoms with van der Waals surface area (Å²) in [5, 5.41) is 3.24. The van der Waals surface area contributed by atoms with Gasteiger partial charge in [0.25, 0.3) is 0 Å². The summed E-state index contributed by atoms with van der Waals surface area (Å²) in [5.41, 5.74) is -0.371. The Morgan fingerprint density at radius 3 is 2.76 bits per heavy atom. The summed E-state index contributed by atoms with van der Waals surface area (Å²) in [6.45, 7) is 0.493. The molecule has 0 unspecified atom stereocenters. The van der Waals surface area contributed by atoms with Crippen molar-refractivity contribution in [2.45, 2.75) is 31.6 Å². The van der Waals surface area contributed by atoms with E-state index in [0.29, 0.717) is 29.8 Å². The van der Waals surface area contributed by atoms with Gasteiger partial charge < -0.3 is 9.73 Å². The van der Waals surface area contributed by atoms with Crippen LogP contribution in [-0.4, -0.2) is 11.0 Å². The number of hydrogen-bond acceptors (Lipinski definition) is 3. The zero-order valence-corrected chi connectivity index (χ0v) is 12.5. The Hall–Kier alpha value is -1.34. The van der Waals surface area contributed by atoms with Crippen LogP contribution in [0.1, 0.15) is 24.3 Å². The number of benzene rings is 1. The first kappa shape index (κ1) is 14.6. The Bertz CT molecular complexity index is 650. The van der Waals surface area contributed by atoms with Crippen LogP contribution in [0.25, 0.3) is 11.3 Å². The van der Waals surface area contributed by atoms with Crippen LogP contribution >= 0.6 is 15.9 Å². The molecule has 0 amide bonds. The minimum atomic E-state index is -4.41. The summed E-state index contributed by atoms with van der Waals surface area (Å²) in [6.07, 6.45) is -0.664. The van der Waals surface area contributed by atoms with Crippen molar-refractivity contribution in [2.24, 2.45) is 0 Å². The molecule has 0 atom stereocenters. The van der Waals surface area contributed by atoms with Gasteiger partial charge in [-0.1, -0.05) is 22.0 Å². The molecule has 0 spiro atoms. The Labute approximate surface area is 127 Å². The summed E-state index contributed by atoms with van der Waals surface area (Å²) in [4.78, 5) is 4.08. The molecule has 3 nitrogen and oxygen atoms in total. The lowest BCUT2D eigenvalue weighted by molar-refractivity contribution is -0.138. The van der Waals surface area contributed by atoms with Gasteiger partial charge in [0.15, 0.2) is 5.76 Å². The first-order valence-electron chi connectivity index (χ1n) is 6.48. The summed E-state index contributed by atoms with van der Waals surface area (Å²) in [5.74, 6) is 0.814. The van der Waals surface area contributed by atoms with E-state index in [9.17, 15) is 13.2 Å². The third kappa shape index (κ3) is 3.47. The van der Waals surface area contributed by atoms with E-state index in [1.807, 2.05) is 0 Å². The molecule has 1 heterocycles. The van der Waals surface area contributed by atoms with Crippen LogP contribution < -0.4 is 5.32 Å². The minimum Gasteiger partial charge on any atom is -0.439 e. The molecule has 0 bridgehead atoms. The molecule has 1 fully saturated rings. The molecule has 7 heteroatoms. The number of oxazole rings is 1. The maximum absolute atomic E-state index is 12.9. The van der Waals surface area contributed by atoms with Crippen molar-refractivity contribution in [1.82, 2.24) is 10.3 Å². The highest BCUT2D eigenvalue weighted by molar-refractivity contribution is 9.10. The van der Waals surface area contributed by atoms with E-state index in [1.165, 1.54) is 12.3 Å². The number of halogens is 4. The van der Waals surface area contributed by atoms with Crippen LogP contribution in [0.3, 0.4) is 0 Å². The summed E-state index contributed by atoms with van der Waals surface area (Å²) in [7, 11) is 0.